The lowest BCUT2D eigenvalue weighted by molar-refractivity contribution is 0.786. The fraction of sp³-hybridized carbons (Fsp3) is 0.400. The molecule has 0 spiro atoms. The number of hydrogen-bond donors (Lipinski definition) is 1. The fourth-order valence-corrected chi connectivity index (χ4v) is 2.41. The van der Waals surface area contributed by atoms with E-state index >= 15 is 0 Å². The molecule has 18 heavy (non-hydrogen) atoms. The molecule has 1 heterocycles. The number of rotatable bonds is 4. The van der Waals surface area contributed by atoms with E-state index in [0.717, 1.165) is 18.1 Å². The molecular weight excluding hydrogens is 222 g/mol. The van der Waals surface area contributed by atoms with E-state index < -0.39 is 0 Å². The van der Waals surface area contributed by atoms with Crippen molar-refractivity contribution in [2.75, 3.05) is 19.0 Å². The Bertz CT molecular complexity index is 561. The normalized spacial score (nSPS) is 15.0. The maximum absolute atomic E-state index is 4.82. The molecule has 0 amide bonds. The Morgan fingerprint density at radius 2 is 2.11 bits per heavy atom. The number of pyridine rings is 1. The summed E-state index contributed by atoms with van der Waals surface area (Å²) in [6.45, 7) is 0.816. The van der Waals surface area contributed by atoms with Gasteiger partial charge in [0.25, 0.3) is 0 Å². The Morgan fingerprint density at radius 3 is 2.83 bits per heavy atom. The standard InChI is InChI=1S/C15H19N3/c1-16-10-12-9-11-5-3-4-6-14(11)15(17-12)18(2)13-7-8-13/h3-6,9,13,16H,7-8,10H2,1-2H3. The van der Waals surface area contributed by atoms with Gasteiger partial charge in [0.05, 0.1) is 5.69 Å². The van der Waals surface area contributed by atoms with E-state index in [1.165, 1.54) is 23.6 Å². The largest absolute Gasteiger partial charge is 0.356 e. The lowest BCUT2D eigenvalue weighted by Crippen LogP contribution is -2.22. The van der Waals surface area contributed by atoms with Crippen LogP contribution in [-0.2, 0) is 6.54 Å². The molecule has 1 aromatic carbocycles. The molecule has 94 valence electrons. The predicted octanol–water partition coefficient (Wildman–Crippen LogP) is 2.55. The van der Waals surface area contributed by atoms with E-state index in [1.807, 2.05) is 7.05 Å². The maximum Gasteiger partial charge on any atom is 0.136 e. The fourth-order valence-electron chi connectivity index (χ4n) is 2.41. The predicted molar refractivity (Wildman–Crippen MR) is 75.9 cm³/mol. The van der Waals surface area contributed by atoms with Crippen molar-refractivity contribution in [1.82, 2.24) is 10.3 Å². The lowest BCUT2D eigenvalue weighted by atomic mass is 10.1. The zero-order chi connectivity index (χ0) is 12.5. The van der Waals surface area contributed by atoms with Gasteiger partial charge in [0, 0.05) is 25.0 Å². The van der Waals surface area contributed by atoms with Crippen molar-refractivity contribution in [1.29, 1.82) is 0 Å². The van der Waals surface area contributed by atoms with Crippen LogP contribution in [0.25, 0.3) is 10.8 Å². The number of nitrogens with zero attached hydrogens (tertiary/aromatic N) is 2. The third-order valence-corrected chi connectivity index (χ3v) is 3.56. The number of anilines is 1. The first kappa shape index (κ1) is 11.5. The average Bonchev–Trinajstić information content (AvgIpc) is 3.22. The highest BCUT2D eigenvalue weighted by molar-refractivity contribution is 5.92. The highest BCUT2D eigenvalue weighted by Gasteiger charge is 2.28. The second-order valence-electron chi connectivity index (χ2n) is 5.03. The number of nitrogens with one attached hydrogen (secondary N) is 1. The minimum absolute atomic E-state index is 0.686. The topological polar surface area (TPSA) is 28.2 Å². The van der Waals surface area contributed by atoms with E-state index in [-0.39, 0.29) is 0 Å². The first-order chi connectivity index (χ1) is 8.79. The number of hydrogen-bond acceptors (Lipinski definition) is 3. The molecule has 1 aromatic heterocycles. The highest BCUT2D eigenvalue weighted by Crippen LogP contribution is 2.33. The molecule has 1 N–H and O–H groups in total. The molecule has 1 fully saturated rings. The summed E-state index contributed by atoms with van der Waals surface area (Å²) in [5.74, 6) is 1.13. The molecule has 3 rings (SSSR count). The Kier molecular flexibility index (Phi) is 2.92. The van der Waals surface area contributed by atoms with Crippen LogP contribution in [-0.4, -0.2) is 25.1 Å². The summed E-state index contributed by atoms with van der Waals surface area (Å²) in [5.41, 5.74) is 1.11. The van der Waals surface area contributed by atoms with Gasteiger partial charge in [-0.2, -0.15) is 0 Å². The molecule has 1 saturated carbocycles. The highest BCUT2D eigenvalue weighted by atomic mass is 15.2. The minimum Gasteiger partial charge on any atom is -0.356 e. The summed E-state index contributed by atoms with van der Waals surface area (Å²) < 4.78 is 0. The molecule has 3 heteroatoms. The quantitative estimate of drug-likeness (QED) is 0.891. The van der Waals surface area contributed by atoms with Crippen LogP contribution in [0.5, 0.6) is 0 Å². The van der Waals surface area contributed by atoms with Gasteiger partial charge in [0.1, 0.15) is 5.82 Å². The number of fused-ring (bicyclic) bond motifs is 1. The van der Waals surface area contributed by atoms with Crippen molar-refractivity contribution < 1.29 is 0 Å². The summed E-state index contributed by atoms with van der Waals surface area (Å²) in [4.78, 5) is 7.15. The van der Waals surface area contributed by atoms with E-state index in [4.69, 9.17) is 4.98 Å². The van der Waals surface area contributed by atoms with Crippen LogP contribution in [0.2, 0.25) is 0 Å². The molecule has 0 radical (unpaired) electrons. The van der Waals surface area contributed by atoms with Crippen LogP contribution in [0, 0.1) is 0 Å². The second kappa shape index (κ2) is 4.58. The summed E-state index contributed by atoms with van der Waals surface area (Å²) >= 11 is 0. The third kappa shape index (κ3) is 2.06. The zero-order valence-corrected chi connectivity index (χ0v) is 11.0. The lowest BCUT2D eigenvalue weighted by Gasteiger charge is -2.20. The third-order valence-electron chi connectivity index (χ3n) is 3.56. The number of aromatic nitrogens is 1. The summed E-state index contributed by atoms with van der Waals surface area (Å²) in [6.07, 6.45) is 2.59. The van der Waals surface area contributed by atoms with Crippen LogP contribution in [0.4, 0.5) is 5.82 Å². The van der Waals surface area contributed by atoms with E-state index in [0.29, 0.717) is 6.04 Å². The molecule has 1 aliphatic rings. The summed E-state index contributed by atoms with van der Waals surface area (Å²) in [7, 11) is 4.12. The van der Waals surface area contributed by atoms with Gasteiger partial charge in [-0.25, -0.2) is 4.98 Å². The Morgan fingerprint density at radius 1 is 1.33 bits per heavy atom. The Balaban J connectivity index is 2.13. The van der Waals surface area contributed by atoms with Gasteiger partial charge in [0.15, 0.2) is 0 Å². The Hall–Kier alpha value is -1.61. The summed E-state index contributed by atoms with van der Waals surface area (Å²) in [5, 5.41) is 5.71. The van der Waals surface area contributed by atoms with Gasteiger partial charge in [-0.05, 0) is 31.3 Å². The molecule has 0 aliphatic heterocycles. The van der Waals surface area contributed by atoms with Crippen LogP contribution in [0.3, 0.4) is 0 Å². The van der Waals surface area contributed by atoms with E-state index in [2.05, 4.69) is 47.6 Å². The minimum atomic E-state index is 0.686. The maximum atomic E-state index is 4.82. The monoisotopic (exact) mass is 241 g/mol. The van der Waals surface area contributed by atoms with Crippen LogP contribution in [0.1, 0.15) is 18.5 Å². The van der Waals surface area contributed by atoms with Crippen molar-refractivity contribution in [2.45, 2.75) is 25.4 Å². The Labute approximate surface area is 108 Å². The second-order valence-corrected chi connectivity index (χ2v) is 5.03. The molecule has 0 saturated heterocycles. The van der Waals surface area contributed by atoms with E-state index in [9.17, 15) is 0 Å². The molecule has 0 bridgehead atoms. The summed E-state index contributed by atoms with van der Waals surface area (Å²) in [6, 6.07) is 11.4. The number of benzene rings is 1. The van der Waals surface area contributed by atoms with Crippen molar-refractivity contribution >= 4 is 16.6 Å². The molecule has 2 aromatic rings. The molecule has 0 atom stereocenters. The van der Waals surface area contributed by atoms with Gasteiger partial charge < -0.3 is 10.2 Å². The first-order valence-electron chi connectivity index (χ1n) is 6.55. The van der Waals surface area contributed by atoms with Crippen molar-refractivity contribution in [2.24, 2.45) is 0 Å². The van der Waals surface area contributed by atoms with Gasteiger partial charge in [-0.3, -0.25) is 0 Å². The smallest absolute Gasteiger partial charge is 0.136 e. The zero-order valence-electron chi connectivity index (χ0n) is 11.0. The van der Waals surface area contributed by atoms with Crippen molar-refractivity contribution in [3.8, 4) is 0 Å². The van der Waals surface area contributed by atoms with Gasteiger partial charge in [0.2, 0.25) is 0 Å². The van der Waals surface area contributed by atoms with Crippen LogP contribution < -0.4 is 10.2 Å². The van der Waals surface area contributed by atoms with Gasteiger partial charge in [-0.1, -0.05) is 24.3 Å². The van der Waals surface area contributed by atoms with Crippen molar-refractivity contribution in [3.05, 3.63) is 36.0 Å². The van der Waals surface area contributed by atoms with Crippen LogP contribution in [0.15, 0.2) is 30.3 Å². The van der Waals surface area contributed by atoms with Gasteiger partial charge in [-0.15, -0.1) is 0 Å². The van der Waals surface area contributed by atoms with E-state index in [1.54, 1.807) is 0 Å². The molecule has 0 unspecified atom stereocenters. The first-order valence-corrected chi connectivity index (χ1v) is 6.55. The van der Waals surface area contributed by atoms with Crippen molar-refractivity contribution in [3.63, 3.8) is 0 Å². The average molecular weight is 241 g/mol. The molecular formula is C15H19N3. The molecule has 3 nitrogen and oxygen atoms in total. The van der Waals surface area contributed by atoms with Gasteiger partial charge >= 0.3 is 0 Å². The van der Waals surface area contributed by atoms with Crippen LogP contribution >= 0.6 is 0 Å². The SMILES string of the molecule is CNCc1cc2ccccc2c(N(C)C2CC2)n1. The molecule has 1 aliphatic carbocycles.